The van der Waals surface area contributed by atoms with Crippen LogP contribution >= 0.6 is 0 Å². The third kappa shape index (κ3) is 8.91. The third-order valence-electron chi connectivity index (χ3n) is 5.60. The maximum atomic E-state index is 13.8. The SMILES string of the molecule is CC(C)[C@H](NC(=O)C(=O)Nc1ccc(N(C)C)cc1)C(=O)NC(CC(=O)O)C(=O)COc1c(F)c(F)cc(F)c1F. The second-order valence-electron chi connectivity index (χ2n) is 9.30. The smallest absolute Gasteiger partial charge is 0.313 e. The minimum Gasteiger partial charge on any atom is -0.481 e. The lowest BCUT2D eigenvalue weighted by Crippen LogP contribution is -2.56. The summed E-state index contributed by atoms with van der Waals surface area (Å²) >= 11 is 0. The van der Waals surface area contributed by atoms with Gasteiger partial charge in [-0.3, -0.25) is 24.0 Å². The van der Waals surface area contributed by atoms with Gasteiger partial charge in [-0.05, 0) is 30.2 Å². The maximum absolute atomic E-state index is 13.8. The van der Waals surface area contributed by atoms with Gasteiger partial charge in [-0.2, -0.15) is 8.78 Å². The molecule has 0 spiro atoms. The van der Waals surface area contributed by atoms with Crippen LogP contribution in [0.4, 0.5) is 28.9 Å². The van der Waals surface area contributed by atoms with Crippen molar-refractivity contribution < 1.29 is 51.4 Å². The second kappa shape index (κ2) is 14.1. The van der Waals surface area contributed by atoms with Crippen LogP contribution in [0.25, 0.3) is 0 Å². The first-order valence-electron chi connectivity index (χ1n) is 12.0. The molecular formula is C26H28F4N4O7. The van der Waals surface area contributed by atoms with E-state index in [9.17, 15) is 41.5 Å². The second-order valence-corrected chi connectivity index (χ2v) is 9.30. The Labute approximate surface area is 231 Å². The number of ether oxygens (including phenoxy) is 1. The summed E-state index contributed by atoms with van der Waals surface area (Å²) < 4.78 is 59.0. The molecule has 0 saturated heterocycles. The average molecular weight is 585 g/mol. The number of ketones is 1. The molecule has 4 N–H and O–H groups in total. The largest absolute Gasteiger partial charge is 0.481 e. The van der Waals surface area contributed by atoms with Crippen molar-refractivity contribution >= 4 is 40.8 Å². The van der Waals surface area contributed by atoms with Gasteiger partial charge in [0, 0.05) is 31.5 Å². The van der Waals surface area contributed by atoms with E-state index in [4.69, 9.17) is 5.11 Å². The van der Waals surface area contributed by atoms with Crippen molar-refractivity contribution in [1.29, 1.82) is 0 Å². The summed E-state index contributed by atoms with van der Waals surface area (Å²) in [5.74, 6) is -15.8. The van der Waals surface area contributed by atoms with E-state index in [0.717, 1.165) is 5.69 Å². The Kier molecular flexibility index (Phi) is 11.2. The first-order chi connectivity index (χ1) is 19.1. The van der Waals surface area contributed by atoms with Crippen LogP contribution in [0.5, 0.6) is 5.75 Å². The lowest BCUT2D eigenvalue weighted by Gasteiger charge is -2.24. The Morgan fingerprint density at radius 3 is 1.95 bits per heavy atom. The van der Waals surface area contributed by atoms with Crippen molar-refractivity contribution in [2.45, 2.75) is 32.4 Å². The zero-order valence-electron chi connectivity index (χ0n) is 22.4. The number of carboxylic acids is 1. The number of amides is 3. The Hall–Kier alpha value is -4.69. The van der Waals surface area contributed by atoms with Crippen LogP contribution in [-0.4, -0.2) is 67.4 Å². The van der Waals surface area contributed by atoms with Gasteiger partial charge in [0.2, 0.25) is 17.5 Å². The van der Waals surface area contributed by atoms with Gasteiger partial charge in [0.1, 0.15) is 18.7 Å². The van der Waals surface area contributed by atoms with E-state index < -0.39 is 89.5 Å². The van der Waals surface area contributed by atoms with Crippen LogP contribution in [0.2, 0.25) is 0 Å². The predicted octanol–water partition coefficient (Wildman–Crippen LogP) is 2.00. The van der Waals surface area contributed by atoms with Gasteiger partial charge in [0.15, 0.2) is 23.2 Å². The molecule has 41 heavy (non-hydrogen) atoms. The highest BCUT2D eigenvalue weighted by Gasteiger charge is 2.32. The van der Waals surface area contributed by atoms with Crippen molar-refractivity contribution in [3.05, 3.63) is 53.6 Å². The Bertz CT molecular complexity index is 1290. The number of nitrogens with zero attached hydrogens (tertiary/aromatic N) is 1. The zero-order chi connectivity index (χ0) is 31.0. The van der Waals surface area contributed by atoms with Gasteiger partial charge >= 0.3 is 17.8 Å². The van der Waals surface area contributed by atoms with Crippen LogP contribution in [0.3, 0.4) is 0 Å². The summed E-state index contributed by atoms with van der Waals surface area (Å²) in [5, 5.41) is 15.8. The molecule has 0 saturated carbocycles. The molecule has 0 aliphatic carbocycles. The predicted molar refractivity (Wildman–Crippen MR) is 137 cm³/mol. The summed E-state index contributed by atoms with van der Waals surface area (Å²) in [6.45, 7) is 1.70. The molecule has 0 aromatic heterocycles. The number of Topliss-reactive ketones (excluding diaryl/α,β-unsaturated/α-hetero) is 1. The standard InChI is InChI=1S/C26H28F4N4O7/c1-12(2)22(33-26(40)25(39)31-13-5-7-14(8-6-13)34(3)4)24(38)32-17(10-19(36)37)18(35)11-41-23-20(29)15(27)9-16(28)21(23)30/h5-9,12,17,22H,10-11H2,1-4H3,(H,31,39)(H,32,38)(H,33,40)(H,36,37)/t17?,22-/m0/s1. The molecule has 0 aliphatic heterocycles. The quantitative estimate of drug-likeness (QED) is 0.168. The van der Waals surface area contributed by atoms with Crippen molar-refractivity contribution in [3.63, 3.8) is 0 Å². The molecule has 2 atom stereocenters. The number of hydrogen-bond donors (Lipinski definition) is 4. The highest BCUT2D eigenvalue weighted by atomic mass is 19.2. The van der Waals surface area contributed by atoms with Crippen LogP contribution in [0, 0.1) is 29.2 Å². The van der Waals surface area contributed by atoms with E-state index in [1.807, 2.05) is 19.0 Å². The molecule has 2 aromatic rings. The molecule has 0 radical (unpaired) electrons. The number of nitrogens with one attached hydrogen (secondary N) is 3. The first kappa shape index (κ1) is 32.5. The Morgan fingerprint density at radius 2 is 1.46 bits per heavy atom. The molecule has 15 heteroatoms. The van der Waals surface area contributed by atoms with Crippen LogP contribution in [0.15, 0.2) is 30.3 Å². The van der Waals surface area contributed by atoms with Crippen molar-refractivity contribution in [2.24, 2.45) is 5.92 Å². The molecule has 1 unspecified atom stereocenters. The van der Waals surface area contributed by atoms with Crippen molar-refractivity contribution in [3.8, 4) is 5.75 Å². The van der Waals surface area contributed by atoms with Gasteiger partial charge < -0.3 is 30.7 Å². The van der Waals surface area contributed by atoms with Gasteiger partial charge in [0.25, 0.3) is 0 Å². The van der Waals surface area contributed by atoms with Crippen LogP contribution < -0.4 is 25.6 Å². The monoisotopic (exact) mass is 584 g/mol. The fourth-order valence-corrected chi connectivity index (χ4v) is 3.38. The third-order valence-corrected chi connectivity index (χ3v) is 5.60. The number of rotatable bonds is 12. The lowest BCUT2D eigenvalue weighted by atomic mass is 10.0. The van der Waals surface area contributed by atoms with E-state index in [-0.39, 0.29) is 6.07 Å². The fraction of sp³-hybridized carbons (Fsp3) is 0.346. The molecule has 0 bridgehead atoms. The minimum atomic E-state index is -1.93. The normalized spacial score (nSPS) is 12.2. The Balaban J connectivity index is 2.11. The summed E-state index contributed by atoms with van der Waals surface area (Å²) in [5.41, 5.74) is 1.12. The van der Waals surface area contributed by atoms with Crippen molar-refractivity contribution in [1.82, 2.24) is 10.6 Å². The highest BCUT2D eigenvalue weighted by Crippen LogP contribution is 2.26. The number of halogens is 4. The van der Waals surface area contributed by atoms with Crippen LogP contribution in [0.1, 0.15) is 20.3 Å². The number of carbonyl (C=O) groups is 5. The molecule has 2 aromatic carbocycles. The fourth-order valence-electron chi connectivity index (χ4n) is 3.38. The summed E-state index contributed by atoms with van der Waals surface area (Å²) in [6.07, 6.45) is -1.02. The van der Waals surface area contributed by atoms with Gasteiger partial charge in [-0.15, -0.1) is 0 Å². The molecule has 11 nitrogen and oxygen atoms in total. The number of carbonyl (C=O) groups excluding carboxylic acids is 4. The van der Waals surface area contributed by atoms with E-state index >= 15 is 0 Å². The number of benzene rings is 2. The molecule has 3 amide bonds. The number of anilines is 2. The van der Waals surface area contributed by atoms with E-state index in [1.54, 1.807) is 24.3 Å². The Morgan fingerprint density at radius 1 is 0.902 bits per heavy atom. The summed E-state index contributed by atoms with van der Waals surface area (Å²) in [7, 11) is 3.62. The zero-order valence-corrected chi connectivity index (χ0v) is 22.4. The maximum Gasteiger partial charge on any atom is 0.313 e. The van der Waals surface area contributed by atoms with Crippen LogP contribution in [-0.2, 0) is 24.0 Å². The van der Waals surface area contributed by atoms with Gasteiger partial charge in [-0.1, -0.05) is 13.8 Å². The lowest BCUT2D eigenvalue weighted by molar-refractivity contribution is -0.141. The van der Waals surface area contributed by atoms with E-state index in [0.29, 0.717) is 5.69 Å². The summed E-state index contributed by atoms with van der Waals surface area (Å²) in [6, 6.07) is 3.13. The molecule has 0 heterocycles. The van der Waals surface area contributed by atoms with E-state index in [1.165, 1.54) is 13.8 Å². The van der Waals surface area contributed by atoms with Gasteiger partial charge in [0.05, 0.1) is 6.42 Å². The van der Waals surface area contributed by atoms with Gasteiger partial charge in [-0.25, -0.2) is 8.78 Å². The topological polar surface area (TPSA) is 154 Å². The average Bonchev–Trinajstić information content (AvgIpc) is 2.89. The number of hydrogen-bond acceptors (Lipinski definition) is 7. The van der Waals surface area contributed by atoms with Crippen molar-refractivity contribution in [2.75, 3.05) is 30.9 Å². The first-order valence-corrected chi connectivity index (χ1v) is 12.0. The number of aliphatic carboxylic acids is 1. The minimum absolute atomic E-state index is 0.0752. The molecule has 222 valence electrons. The molecule has 2 rings (SSSR count). The molecular weight excluding hydrogens is 556 g/mol. The van der Waals surface area contributed by atoms with E-state index in [2.05, 4.69) is 20.7 Å². The molecule has 0 aliphatic rings. The highest BCUT2D eigenvalue weighted by molar-refractivity contribution is 6.40. The summed E-state index contributed by atoms with van der Waals surface area (Å²) in [4.78, 5) is 63.5. The number of carboxylic acid groups (broad SMARTS) is 1. The molecule has 0 fully saturated rings.